The molecule has 138 valence electrons. The van der Waals surface area contributed by atoms with Crippen LogP contribution in [0.3, 0.4) is 0 Å². The van der Waals surface area contributed by atoms with Crippen molar-refractivity contribution in [1.82, 2.24) is 15.5 Å². The molecule has 0 aliphatic carbocycles. The maximum atomic E-state index is 4.69. The van der Waals surface area contributed by atoms with E-state index in [1.54, 1.807) is 0 Å². The van der Waals surface area contributed by atoms with Gasteiger partial charge in [0, 0.05) is 31.1 Å². The number of hydrogen-bond donors (Lipinski definition) is 2. The average Bonchev–Trinajstić information content (AvgIpc) is 3.13. The lowest BCUT2D eigenvalue weighted by Gasteiger charge is -2.14. The Morgan fingerprint density at radius 1 is 1.20 bits per heavy atom. The second-order valence-corrected chi connectivity index (χ2v) is 7.44. The molecule has 0 atom stereocenters. The molecule has 0 aromatic heterocycles. The van der Waals surface area contributed by atoms with Crippen LogP contribution in [0.25, 0.3) is 0 Å². The van der Waals surface area contributed by atoms with E-state index in [9.17, 15) is 0 Å². The first kappa shape index (κ1) is 19.9. The Morgan fingerprint density at radius 3 is 2.60 bits per heavy atom. The van der Waals surface area contributed by atoms with Gasteiger partial charge in [0.1, 0.15) is 0 Å². The highest BCUT2D eigenvalue weighted by molar-refractivity contribution is 7.99. The Labute approximate surface area is 157 Å². The number of nitrogens with zero attached hydrogens (tertiary/aromatic N) is 2. The van der Waals surface area contributed by atoms with Gasteiger partial charge in [0.15, 0.2) is 5.96 Å². The molecule has 25 heavy (non-hydrogen) atoms. The Hall–Kier alpha value is -1.46. The van der Waals surface area contributed by atoms with Crippen LogP contribution in [0.15, 0.2) is 41.9 Å². The summed E-state index contributed by atoms with van der Waals surface area (Å²) in [6.07, 6.45) is 4.63. The summed E-state index contributed by atoms with van der Waals surface area (Å²) in [5.41, 5.74) is 2.65. The van der Waals surface area contributed by atoms with Crippen LogP contribution < -0.4 is 10.6 Å². The molecule has 1 aliphatic heterocycles. The van der Waals surface area contributed by atoms with Gasteiger partial charge in [-0.3, -0.25) is 4.90 Å². The van der Waals surface area contributed by atoms with E-state index >= 15 is 0 Å². The molecule has 0 saturated carbocycles. The topological polar surface area (TPSA) is 39.7 Å². The number of benzene rings is 1. The predicted molar refractivity (Wildman–Crippen MR) is 111 cm³/mol. The van der Waals surface area contributed by atoms with Gasteiger partial charge >= 0.3 is 0 Å². The fourth-order valence-electron chi connectivity index (χ4n) is 2.87. The molecule has 1 aromatic carbocycles. The quantitative estimate of drug-likeness (QED) is 0.291. The third-order valence-corrected chi connectivity index (χ3v) is 5.13. The average molecular weight is 361 g/mol. The molecule has 4 nitrogen and oxygen atoms in total. The summed E-state index contributed by atoms with van der Waals surface area (Å²) in [5, 5.41) is 6.69. The molecular weight excluding hydrogens is 328 g/mol. The standard InChI is InChI=1S/C20H32N4S/c1-3-14-25-15-11-22-20(21-4-2)23-16-18-7-9-19(10-8-18)17-24-12-5-6-13-24/h3,7-10H,1,4-6,11-17H2,2H3,(H2,21,22,23). The monoisotopic (exact) mass is 360 g/mol. The fourth-order valence-corrected chi connectivity index (χ4v) is 3.45. The minimum Gasteiger partial charge on any atom is -0.357 e. The van der Waals surface area contributed by atoms with E-state index in [1.165, 1.54) is 37.1 Å². The van der Waals surface area contributed by atoms with Gasteiger partial charge < -0.3 is 10.6 Å². The van der Waals surface area contributed by atoms with E-state index in [4.69, 9.17) is 0 Å². The maximum Gasteiger partial charge on any atom is 0.191 e. The predicted octanol–water partition coefficient (Wildman–Crippen LogP) is 3.26. The maximum absolute atomic E-state index is 4.69. The number of guanidine groups is 1. The first-order valence-corrected chi connectivity index (χ1v) is 10.5. The first-order chi connectivity index (χ1) is 12.3. The van der Waals surface area contributed by atoms with Crippen LogP contribution >= 0.6 is 11.8 Å². The van der Waals surface area contributed by atoms with Crippen LogP contribution in [0.2, 0.25) is 0 Å². The molecule has 1 fully saturated rings. The number of likely N-dealkylation sites (tertiary alicyclic amines) is 1. The molecule has 1 aromatic rings. The number of nitrogens with one attached hydrogen (secondary N) is 2. The van der Waals surface area contributed by atoms with E-state index in [1.807, 2.05) is 17.8 Å². The van der Waals surface area contributed by atoms with E-state index in [-0.39, 0.29) is 0 Å². The normalized spacial score (nSPS) is 15.3. The molecule has 5 heteroatoms. The highest BCUT2D eigenvalue weighted by Gasteiger charge is 2.11. The molecule has 2 rings (SSSR count). The summed E-state index contributed by atoms with van der Waals surface area (Å²) in [6.45, 7) is 11.9. The Balaban J connectivity index is 1.78. The Morgan fingerprint density at radius 2 is 1.92 bits per heavy atom. The van der Waals surface area contributed by atoms with Crippen molar-refractivity contribution < 1.29 is 0 Å². The van der Waals surface area contributed by atoms with Crippen molar-refractivity contribution in [2.45, 2.75) is 32.9 Å². The summed E-state index contributed by atoms with van der Waals surface area (Å²) < 4.78 is 0. The summed E-state index contributed by atoms with van der Waals surface area (Å²) in [7, 11) is 0. The molecule has 0 radical (unpaired) electrons. The highest BCUT2D eigenvalue weighted by atomic mass is 32.2. The van der Waals surface area contributed by atoms with Gasteiger partial charge in [-0.25, -0.2) is 4.99 Å². The van der Waals surface area contributed by atoms with E-state index < -0.39 is 0 Å². The van der Waals surface area contributed by atoms with Gasteiger partial charge in [0.25, 0.3) is 0 Å². The van der Waals surface area contributed by atoms with Crippen LogP contribution in [0, 0.1) is 0 Å². The Bertz CT molecular complexity index is 521. The summed E-state index contributed by atoms with van der Waals surface area (Å²) in [6, 6.07) is 8.90. The van der Waals surface area contributed by atoms with Crippen LogP contribution in [0.4, 0.5) is 0 Å². The molecule has 0 bridgehead atoms. The second kappa shape index (κ2) is 12.0. The lowest BCUT2D eigenvalue weighted by atomic mass is 10.1. The zero-order valence-electron chi connectivity index (χ0n) is 15.5. The van der Waals surface area contributed by atoms with Crippen molar-refractivity contribution in [3.8, 4) is 0 Å². The number of aliphatic imine (C=N–C) groups is 1. The van der Waals surface area contributed by atoms with Gasteiger partial charge in [-0.15, -0.1) is 6.58 Å². The largest absolute Gasteiger partial charge is 0.357 e. The van der Waals surface area contributed by atoms with E-state index in [2.05, 4.69) is 58.3 Å². The molecule has 0 spiro atoms. The third kappa shape index (κ3) is 7.97. The minimum absolute atomic E-state index is 0.707. The molecule has 2 N–H and O–H groups in total. The van der Waals surface area contributed by atoms with Crippen molar-refractivity contribution in [1.29, 1.82) is 0 Å². The second-order valence-electron chi connectivity index (χ2n) is 6.29. The van der Waals surface area contributed by atoms with Gasteiger partial charge in [-0.2, -0.15) is 11.8 Å². The highest BCUT2D eigenvalue weighted by Crippen LogP contribution is 2.13. The van der Waals surface area contributed by atoms with Crippen molar-refractivity contribution in [2.75, 3.05) is 37.7 Å². The van der Waals surface area contributed by atoms with E-state index in [0.717, 1.165) is 37.1 Å². The zero-order valence-corrected chi connectivity index (χ0v) is 16.3. The van der Waals surface area contributed by atoms with Gasteiger partial charge in [0.2, 0.25) is 0 Å². The Kier molecular flexibility index (Phi) is 9.52. The van der Waals surface area contributed by atoms with E-state index in [0.29, 0.717) is 6.54 Å². The molecule has 1 saturated heterocycles. The zero-order chi connectivity index (χ0) is 17.7. The lowest BCUT2D eigenvalue weighted by molar-refractivity contribution is 0.331. The molecular formula is C20H32N4S. The summed E-state index contributed by atoms with van der Waals surface area (Å²) in [4.78, 5) is 7.22. The summed E-state index contributed by atoms with van der Waals surface area (Å²) in [5.74, 6) is 2.95. The number of thioether (sulfide) groups is 1. The molecule has 1 heterocycles. The molecule has 1 aliphatic rings. The van der Waals surface area contributed by atoms with Crippen molar-refractivity contribution in [3.05, 3.63) is 48.0 Å². The summed E-state index contributed by atoms with van der Waals surface area (Å²) >= 11 is 1.87. The minimum atomic E-state index is 0.707. The van der Waals surface area contributed by atoms with Crippen molar-refractivity contribution in [3.63, 3.8) is 0 Å². The lowest BCUT2D eigenvalue weighted by Crippen LogP contribution is -2.38. The van der Waals surface area contributed by atoms with Gasteiger partial charge in [-0.1, -0.05) is 30.3 Å². The van der Waals surface area contributed by atoms with Crippen LogP contribution in [-0.4, -0.2) is 48.5 Å². The van der Waals surface area contributed by atoms with Crippen molar-refractivity contribution >= 4 is 17.7 Å². The number of hydrogen-bond acceptors (Lipinski definition) is 3. The number of rotatable bonds is 10. The SMILES string of the molecule is C=CCSCCNC(=NCc1ccc(CN2CCCC2)cc1)NCC. The fraction of sp³-hybridized carbons (Fsp3) is 0.550. The smallest absolute Gasteiger partial charge is 0.191 e. The molecule has 0 amide bonds. The van der Waals surface area contributed by atoms with Gasteiger partial charge in [0.05, 0.1) is 6.54 Å². The first-order valence-electron chi connectivity index (χ1n) is 9.33. The van der Waals surface area contributed by atoms with Crippen LogP contribution in [0.5, 0.6) is 0 Å². The van der Waals surface area contributed by atoms with Crippen molar-refractivity contribution in [2.24, 2.45) is 4.99 Å². The molecule has 0 unspecified atom stereocenters. The van der Waals surface area contributed by atoms with Crippen LogP contribution in [0.1, 0.15) is 30.9 Å². The van der Waals surface area contributed by atoms with Crippen LogP contribution in [-0.2, 0) is 13.1 Å². The van der Waals surface area contributed by atoms with Gasteiger partial charge in [-0.05, 0) is 44.0 Å². The third-order valence-electron chi connectivity index (χ3n) is 4.17.